The first kappa shape index (κ1) is 11.5. The Morgan fingerprint density at radius 2 is 1.88 bits per heavy atom. The SMILES string of the molecule is Cc1ccc(Oc2nc(C)ccc2CN)cn1. The number of aryl methyl sites for hydroxylation is 2. The zero-order chi connectivity index (χ0) is 12.3. The summed E-state index contributed by atoms with van der Waals surface area (Å²) in [6.07, 6.45) is 1.68. The monoisotopic (exact) mass is 229 g/mol. The Morgan fingerprint density at radius 3 is 2.53 bits per heavy atom. The van der Waals surface area contributed by atoms with E-state index in [1.165, 1.54) is 0 Å². The second-order valence-corrected chi connectivity index (χ2v) is 3.86. The van der Waals surface area contributed by atoms with Gasteiger partial charge in [0.1, 0.15) is 5.75 Å². The zero-order valence-electron chi connectivity index (χ0n) is 9.97. The van der Waals surface area contributed by atoms with E-state index in [4.69, 9.17) is 10.5 Å². The number of hydrogen-bond donors (Lipinski definition) is 1. The fourth-order valence-electron chi connectivity index (χ4n) is 1.43. The third-order valence-corrected chi connectivity index (χ3v) is 2.40. The molecule has 2 rings (SSSR count). The van der Waals surface area contributed by atoms with E-state index in [1.54, 1.807) is 6.20 Å². The Kier molecular flexibility index (Phi) is 3.35. The molecular weight excluding hydrogens is 214 g/mol. The van der Waals surface area contributed by atoms with Crippen LogP contribution in [-0.4, -0.2) is 9.97 Å². The highest BCUT2D eigenvalue weighted by Crippen LogP contribution is 2.22. The van der Waals surface area contributed by atoms with Crippen molar-refractivity contribution in [3.63, 3.8) is 0 Å². The molecule has 0 aliphatic rings. The van der Waals surface area contributed by atoms with E-state index in [9.17, 15) is 0 Å². The second-order valence-electron chi connectivity index (χ2n) is 3.86. The summed E-state index contributed by atoms with van der Waals surface area (Å²) in [6.45, 7) is 4.25. The molecule has 2 N–H and O–H groups in total. The summed E-state index contributed by atoms with van der Waals surface area (Å²) in [7, 11) is 0. The van der Waals surface area contributed by atoms with Crippen molar-refractivity contribution < 1.29 is 4.74 Å². The highest BCUT2D eigenvalue weighted by atomic mass is 16.5. The molecule has 0 saturated carbocycles. The van der Waals surface area contributed by atoms with E-state index >= 15 is 0 Å². The number of pyridine rings is 2. The van der Waals surface area contributed by atoms with Crippen molar-refractivity contribution in [3.8, 4) is 11.6 Å². The maximum atomic E-state index is 5.68. The van der Waals surface area contributed by atoms with E-state index < -0.39 is 0 Å². The molecule has 2 aromatic rings. The van der Waals surface area contributed by atoms with Gasteiger partial charge in [0.05, 0.1) is 6.20 Å². The van der Waals surface area contributed by atoms with Gasteiger partial charge in [0.2, 0.25) is 5.88 Å². The van der Waals surface area contributed by atoms with Crippen LogP contribution in [-0.2, 0) is 6.54 Å². The van der Waals surface area contributed by atoms with Crippen LogP contribution in [0.2, 0.25) is 0 Å². The van der Waals surface area contributed by atoms with Gasteiger partial charge in [0, 0.05) is 23.5 Å². The molecule has 88 valence electrons. The number of nitrogens with two attached hydrogens (primary N) is 1. The Bertz CT molecular complexity index is 509. The number of nitrogens with zero attached hydrogens (tertiary/aromatic N) is 2. The molecule has 0 saturated heterocycles. The van der Waals surface area contributed by atoms with Crippen LogP contribution < -0.4 is 10.5 Å². The van der Waals surface area contributed by atoms with Crippen molar-refractivity contribution in [3.05, 3.63) is 47.4 Å². The summed E-state index contributed by atoms with van der Waals surface area (Å²) >= 11 is 0. The molecule has 4 heteroatoms. The average molecular weight is 229 g/mol. The summed E-state index contributed by atoms with van der Waals surface area (Å²) in [6, 6.07) is 7.61. The number of hydrogen-bond acceptors (Lipinski definition) is 4. The van der Waals surface area contributed by atoms with Crippen LogP contribution in [0, 0.1) is 13.8 Å². The number of ether oxygens (including phenoxy) is 1. The van der Waals surface area contributed by atoms with Crippen LogP contribution in [0.5, 0.6) is 11.6 Å². The molecule has 0 aliphatic heterocycles. The van der Waals surface area contributed by atoms with Crippen LogP contribution in [0.3, 0.4) is 0 Å². The first-order valence-corrected chi connectivity index (χ1v) is 5.46. The zero-order valence-corrected chi connectivity index (χ0v) is 9.97. The van der Waals surface area contributed by atoms with E-state index in [2.05, 4.69) is 9.97 Å². The summed E-state index contributed by atoms with van der Waals surface area (Å²) < 4.78 is 5.68. The predicted octanol–water partition coefficient (Wildman–Crippen LogP) is 2.34. The fraction of sp³-hybridized carbons (Fsp3) is 0.231. The quantitative estimate of drug-likeness (QED) is 0.877. The molecule has 0 bridgehead atoms. The summed E-state index contributed by atoms with van der Waals surface area (Å²) in [5, 5.41) is 0. The molecule has 4 nitrogen and oxygen atoms in total. The molecule has 0 aromatic carbocycles. The average Bonchev–Trinajstić information content (AvgIpc) is 2.32. The molecule has 0 atom stereocenters. The van der Waals surface area contributed by atoms with Crippen molar-refractivity contribution in [1.29, 1.82) is 0 Å². The van der Waals surface area contributed by atoms with E-state index in [-0.39, 0.29) is 0 Å². The molecular formula is C13H15N3O. The van der Waals surface area contributed by atoms with Gasteiger partial charge in [-0.05, 0) is 32.0 Å². The van der Waals surface area contributed by atoms with Crippen LogP contribution >= 0.6 is 0 Å². The topological polar surface area (TPSA) is 61.0 Å². The van der Waals surface area contributed by atoms with Gasteiger partial charge < -0.3 is 10.5 Å². The molecule has 0 amide bonds. The van der Waals surface area contributed by atoms with Crippen LogP contribution in [0.1, 0.15) is 17.0 Å². The van der Waals surface area contributed by atoms with Crippen LogP contribution in [0.25, 0.3) is 0 Å². The first-order chi connectivity index (χ1) is 8.19. The smallest absolute Gasteiger partial charge is 0.224 e. The molecule has 17 heavy (non-hydrogen) atoms. The normalized spacial score (nSPS) is 10.3. The Hall–Kier alpha value is -1.94. The van der Waals surface area contributed by atoms with Crippen molar-refractivity contribution in [2.45, 2.75) is 20.4 Å². The van der Waals surface area contributed by atoms with Crippen molar-refractivity contribution in [2.24, 2.45) is 5.73 Å². The molecule has 2 heterocycles. The van der Waals surface area contributed by atoms with Crippen molar-refractivity contribution in [1.82, 2.24) is 9.97 Å². The predicted molar refractivity (Wildman–Crippen MR) is 65.9 cm³/mol. The summed E-state index contributed by atoms with van der Waals surface area (Å²) in [4.78, 5) is 8.50. The number of aromatic nitrogens is 2. The van der Waals surface area contributed by atoms with Gasteiger partial charge in [-0.3, -0.25) is 4.98 Å². The lowest BCUT2D eigenvalue weighted by Gasteiger charge is -2.09. The molecule has 2 aromatic heterocycles. The minimum absolute atomic E-state index is 0.405. The standard InChI is InChI=1S/C13H15N3O/c1-9-4-6-12(8-15-9)17-13-11(7-14)5-3-10(2)16-13/h3-6,8H,7,14H2,1-2H3. The molecule has 0 aliphatic carbocycles. The molecule has 0 radical (unpaired) electrons. The van der Waals surface area contributed by atoms with Crippen molar-refractivity contribution >= 4 is 0 Å². The van der Waals surface area contributed by atoms with Gasteiger partial charge in [0.25, 0.3) is 0 Å². The number of rotatable bonds is 3. The Morgan fingerprint density at radius 1 is 1.12 bits per heavy atom. The third-order valence-electron chi connectivity index (χ3n) is 2.40. The van der Waals surface area contributed by atoms with Gasteiger partial charge in [-0.1, -0.05) is 6.07 Å². The maximum Gasteiger partial charge on any atom is 0.224 e. The van der Waals surface area contributed by atoms with Gasteiger partial charge >= 0.3 is 0 Å². The van der Waals surface area contributed by atoms with Gasteiger partial charge in [-0.2, -0.15) is 0 Å². The van der Waals surface area contributed by atoms with E-state index in [0.29, 0.717) is 18.2 Å². The van der Waals surface area contributed by atoms with Crippen LogP contribution in [0.4, 0.5) is 0 Å². The lowest BCUT2D eigenvalue weighted by molar-refractivity contribution is 0.452. The highest BCUT2D eigenvalue weighted by molar-refractivity contribution is 5.32. The Labute approximate surface area is 100 Å². The minimum atomic E-state index is 0.405. The van der Waals surface area contributed by atoms with E-state index in [0.717, 1.165) is 17.0 Å². The molecule has 0 unspecified atom stereocenters. The maximum absolute atomic E-state index is 5.68. The van der Waals surface area contributed by atoms with Crippen molar-refractivity contribution in [2.75, 3.05) is 0 Å². The third kappa shape index (κ3) is 2.79. The van der Waals surface area contributed by atoms with E-state index in [1.807, 2.05) is 38.1 Å². The summed E-state index contributed by atoms with van der Waals surface area (Å²) in [5.74, 6) is 1.22. The highest BCUT2D eigenvalue weighted by Gasteiger charge is 2.06. The largest absolute Gasteiger partial charge is 0.437 e. The summed E-state index contributed by atoms with van der Waals surface area (Å²) in [5.41, 5.74) is 8.38. The minimum Gasteiger partial charge on any atom is -0.437 e. The molecule has 0 fully saturated rings. The van der Waals surface area contributed by atoms with Gasteiger partial charge in [0.15, 0.2) is 0 Å². The lowest BCUT2D eigenvalue weighted by atomic mass is 10.2. The second kappa shape index (κ2) is 4.93. The first-order valence-electron chi connectivity index (χ1n) is 5.46. The Balaban J connectivity index is 2.28. The van der Waals surface area contributed by atoms with Crippen LogP contribution in [0.15, 0.2) is 30.5 Å². The lowest BCUT2D eigenvalue weighted by Crippen LogP contribution is -2.02. The molecule has 0 spiro atoms. The van der Waals surface area contributed by atoms with Gasteiger partial charge in [-0.25, -0.2) is 4.98 Å². The van der Waals surface area contributed by atoms with Gasteiger partial charge in [-0.15, -0.1) is 0 Å². The fourth-order valence-corrected chi connectivity index (χ4v) is 1.43.